The summed E-state index contributed by atoms with van der Waals surface area (Å²) in [7, 11) is 0. The molecule has 0 saturated carbocycles. The van der Waals surface area contributed by atoms with Crippen LogP contribution in [0.25, 0.3) is 11.2 Å². The van der Waals surface area contributed by atoms with Gasteiger partial charge in [0.15, 0.2) is 10.8 Å². The Morgan fingerprint density at radius 3 is 3.05 bits per heavy atom. The van der Waals surface area contributed by atoms with E-state index < -0.39 is 0 Å². The van der Waals surface area contributed by atoms with Gasteiger partial charge < -0.3 is 9.51 Å². The van der Waals surface area contributed by atoms with Crippen molar-refractivity contribution in [3.8, 4) is 0 Å². The monoisotopic (exact) mass is 337 g/mol. The van der Waals surface area contributed by atoms with Gasteiger partial charge in [0, 0.05) is 12.3 Å². The second-order valence-electron chi connectivity index (χ2n) is 4.65. The maximum Gasteiger partial charge on any atom is 0.240 e. The molecule has 114 valence electrons. The van der Waals surface area contributed by atoms with Crippen LogP contribution in [0.3, 0.4) is 0 Å². The van der Waals surface area contributed by atoms with Crippen LogP contribution < -0.4 is 5.32 Å². The number of nitrogens with zero attached hydrogens (tertiary/aromatic N) is 3. The zero-order valence-electron chi connectivity index (χ0n) is 11.8. The van der Waals surface area contributed by atoms with Gasteiger partial charge in [0.1, 0.15) is 0 Å². The van der Waals surface area contributed by atoms with Crippen molar-refractivity contribution in [2.75, 3.05) is 5.32 Å². The number of halogens is 1. The van der Waals surface area contributed by atoms with Crippen molar-refractivity contribution in [2.45, 2.75) is 24.3 Å². The Balaban J connectivity index is 1.69. The number of carbonyl (C=O) groups is 1. The van der Waals surface area contributed by atoms with Crippen LogP contribution in [0, 0.1) is 6.92 Å². The largest absolute Gasteiger partial charge is 0.338 e. The van der Waals surface area contributed by atoms with Crippen LogP contribution in [0.15, 0.2) is 28.0 Å². The fraction of sp³-hybridized carbons (Fsp3) is 0.231. The second kappa shape index (κ2) is 5.98. The standard InChI is InChI=1S/C13H12ClN5O2S/c1-6-3-10(21-19-6)17-12(20)7(2)22-13-16-9-4-8(14)5-15-11(9)18-13/h3-5,7H,1-2H3,(H,17,20)(H,15,16,18). The van der Waals surface area contributed by atoms with Crippen LogP contribution in [0.5, 0.6) is 0 Å². The molecule has 9 heteroatoms. The third-order valence-corrected chi connectivity index (χ3v) is 4.01. The molecule has 0 aromatic carbocycles. The molecule has 2 N–H and O–H groups in total. The first kappa shape index (κ1) is 14.9. The number of H-pyrrole nitrogens is 1. The quantitative estimate of drug-likeness (QED) is 0.710. The minimum atomic E-state index is -0.374. The molecular weight excluding hydrogens is 326 g/mol. The number of thioether (sulfide) groups is 1. The molecule has 22 heavy (non-hydrogen) atoms. The highest BCUT2D eigenvalue weighted by atomic mass is 35.5. The highest BCUT2D eigenvalue weighted by Crippen LogP contribution is 2.24. The summed E-state index contributed by atoms with van der Waals surface area (Å²) < 4.78 is 4.96. The topological polar surface area (TPSA) is 96.7 Å². The fourth-order valence-electron chi connectivity index (χ4n) is 1.77. The number of amides is 1. The molecular formula is C13H12ClN5O2S. The van der Waals surface area contributed by atoms with Gasteiger partial charge >= 0.3 is 0 Å². The van der Waals surface area contributed by atoms with Gasteiger partial charge in [-0.05, 0) is 19.9 Å². The highest BCUT2D eigenvalue weighted by Gasteiger charge is 2.18. The number of hydrogen-bond donors (Lipinski definition) is 2. The zero-order chi connectivity index (χ0) is 15.7. The number of hydrogen-bond acceptors (Lipinski definition) is 6. The van der Waals surface area contributed by atoms with Gasteiger partial charge in [-0.25, -0.2) is 9.97 Å². The maximum atomic E-state index is 12.1. The van der Waals surface area contributed by atoms with Crippen molar-refractivity contribution in [2.24, 2.45) is 0 Å². The number of carbonyl (C=O) groups excluding carboxylic acids is 1. The van der Waals surface area contributed by atoms with E-state index in [4.69, 9.17) is 16.1 Å². The molecule has 0 fully saturated rings. The number of nitrogens with one attached hydrogen (secondary N) is 2. The third kappa shape index (κ3) is 3.23. The van der Waals surface area contributed by atoms with Crippen molar-refractivity contribution in [1.82, 2.24) is 20.1 Å². The number of rotatable bonds is 4. The average molecular weight is 338 g/mol. The summed E-state index contributed by atoms with van der Waals surface area (Å²) in [5.41, 5.74) is 2.00. The minimum Gasteiger partial charge on any atom is -0.338 e. The van der Waals surface area contributed by atoms with E-state index in [2.05, 4.69) is 25.4 Å². The number of fused-ring (bicyclic) bond motifs is 1. The van der Waals surface area contributed by atoms with Crippen molar-refractivity contribution in [1.29, 1.82) is 0 Å². The van der Waals surface area contributed by atoms with E-state index in [0.29, 0.717) is 27.4 Å². The van der Waals surface area contributed by atoms with E-state index in [1.165, 1.54) is 18.0 Å². The second-order valence-corrected chi connectivity index (χ2v) is 6.41. The average Bonchev–Trinajstić information content (AvgIpc) is 3.04. The van der Waals surface area contributed by atoms with Crippen LogP contribution in [0.4, 0.5) is 5.88 Å². The Kier molecular flexibility index (Phi) is 4.04. The molecule has 0 aliphatic carbocycles. The number of pyridine rings is 1. The van der Waals surface area contributed by atoms with Gasteiger partial charge in [-0.1, -0.05) is 28.5 Å². The van der Waals surface area contributed by atoms with E-state index >= 15 is 0 Å². The lowest BCUT2D eigenvalue weighted by Gasteiger charge is -2.07. The van der Waals surface area contributed by atoms with Crippen LogP contribution in [-0.2, 0) is 4.79 Å². The van der Waals surface area contributed by atoms with Gasteiger partial charge in [0.2, 0.25) is 11.8 Å². The minimum absolute atomic E-state index is 0.201. The number of aromatic amines is 1. The van der Waals surface area contributed by atoms with Crippen LogP contribution in [0.2, 0.25) is 5.02 Å². The first-order chi connectivity index (χ1) is 10.5. The summed E-state index contributed by atoms with van der Waals surface area (Å²) in [6, 6.07) is 3.39. The summed E-state index contributed by atoms with van der Waals surface area (Å²) in [6.07, 6.45) is 1.53. The molecule has 3 aromatic rings. The Morgan fingerprint density at radius 1 is 1.50 bits per heavy atom. The van der Waals surface area contributed by atoms with Gasteiger partial charge in [-0.2, -0.15) is 0 Å². The van der Waals surface area contributed by atoms with E-state index in [0.717, 1.165) is 5.52 Å². The molecule has 1 atom stereocenters. The summed E-state index contributed by atoms with van der Waals surface area (Å²) in [6.45, 7) is 3.56. The Morgan fingerprint density at radius 2 is 2.32 bits per heavy atom. The van der Waals surface area contributed by atoms with Gasteiger partial charge in [0.05, 0.1) is 21.5 Å². The van der Waals surface area contributed by atoms with Crippen molar-refractivity contribution in [3.63, 3.8) is 0 Å². The summed E-state index contributed by atoms with van der Waals surface area (Å²) in [5.74, 6) is 0.126. The van der Waals surface area contributed by atoms with Crippen molar-refractivity contribution < 1.29 is 9.32 Å². The van der Waals surface area contributed by atoms with Crippen molar-refractivity contribution in [3.05, 3.63) is 29.0 Å². The molecule has 0 radical (unpaired) electrons. The van der Waals surface area contributed by atoms with Crippen LogP contribution in [-0.4, -0.2) is 31.3 Å². The van der Waals surface area contributed by atoms with E-state index in [9.17, 15) is 4.79 Å². The maximum absolute atomic E-state index is 12.1. The molecule has 3 aromatic heterocycles. The van der Waals surface area contributed by atoms with Gasteiger partial charge in [-0.3, -0.25) is 10.1 Å². The Bertz CT molecular complexity index is 831. The van der Waals surface area contributed by atoms with E-state index in [1.54, 1.807) is 26.0 Å². The molecule has 1 unspecified atom stereocenters. The molecule has 1 amide bonds. The molecule has 0 aliphatic rings. The van der Waals surface area contributed by atoms with Gasteiger partial charge in [0.25, 0.3) is 0 Å². The Labute approximate surface area is 134 Å². The van der Waals surface area contributed by atoms with Crippen LogP contribution in [0.1, 0.15) is 12.6 Å². The van der Waals surface area contributed by atoms with Crippen molar-refractivity contribution >= 4 is 46.3 Å². The number of imidazole rings is 1. The Hall–Kier alpha value is -2.06. The molecule has 7 nitrogen and oxygen atoms in total. The number of aryl methyl sites for hydroxylation is 1. The SMILES string of the molecule is Cc1cc(NC(=O)C(C)Sc2nc3ncc(Cl)cc3[nH]2)on1. The fourth-order valence-corrected chi connectivity index (χ4v) is 2.74. The zero-order valence-corrected chi connectivity index (χ0v) is 13.3. The molecule has 0 saturated heterocycles. The highest BCUT2D eigenvalue weighted by molar-refractivity contribution is 8.00. The summed E-state index contributed by atoms with van der Waals surface area (Å²) in [5, 5.41) is 7.12. The normalized spacial score (nSPS) is 12.5. The molecule has 3 rings (SSSR count). The molecule has 0 spiro atoms. The summed E-state index contributed by atoms with van der Waals surface area (Å²) in [4.78, 5) is 23.6. The number of anilines is 1. The predicted octanol–water partition coefficient (Wildman–Crippen LogP) is 3.03. The molecule has 0 bridgehead atoms. The lowest BCUT2D eigenvalue weighted by Crippen LogP contribution is -2.22. The van der Waals surface area contributed by atoms with E-state index in [1.807, 2.05) is 0 Å². The third-order valence-electron chi connectivity index (χ3n) is 2.81. The number of aromatic nitrogens is 4. The first-order valence-electron chi connectivity index (χ1n) is 6.43. The molecule has 3 heterocycles. The first-order valence-corrected chi connectivity index (χ1v) is 7.69. The smallest absolute Gasteiger partial charge is 0.240 e. The lowest BCUT2D eigenvalue weighted by atomic mass is 10.4. The van der Waals surface area contributed by atoms with Gasteiger partial charge in [-0.15, -0.1) is 0 Å². The lowest BCUT2D eigenvalue weighted by molar-refractivity contribution is -0.115. The summed E-state index contributed by atoms with van der Waals surface area (Å²) >= 11 is 7.16. The van der Waals surface area contributed by atoms with Crippen LogP contribution >= 0.6 is 23.4 Å². The van der Waals surface area contributed by atoms with E-state index in [-0.39, 0.29) is 11.2 Å². The molecule has 0 aliphatic heterocycles. The predicted molar refractivity (Wildman–Crippen MR) is 84.1 cm³/mol.